The number of nitriles is 1. The Hall–Kier alpha value is -3.38. The summed E-state index contributed by atoms with van der Waals surface area (Å²) in [6, 6.07) is 25.8. The Balaban J connectivity index is 2.06. The normalized spacial score (nSPS) is 11.2. The summed E-state index contributed by atoms with van der Waals surface area (Å²) < 4.78 is 43.2. The lowest BCUT2D eigenvalue weighted by atomic mass is 10.0. The van der Waals surface area contributed by atoms with E-state index in [9.17, 15) is 23.2 Å². The highest BCUT2D eigenvalue weighted by Crippen LogP contribution is 2.35. The van der Waals surface area contributed by atoms with E-state index in [-0.39, 0.29) is 5.69 Å². The van der Waals surface area contributed by atoms with Crippen LogP contribution in [0.5, 0.6) is 0 Å². The number of rotatable bonds is 4. The van der Waals surface area contributed by atoms with Gasteiger partial charge in [0.2, 0.25) is 0 Å². The first-order valence-electron chi connectivity index (χ1n) is 9.92. The smallest absolute Gasteiger partial charge is 0.276 e. The van der Waals surface area contributed by atoms with Gasteiger partial charge in [-0.2, -0.15) is 18.4 Å². The van der Waals surface area contributed by atoms with E-state index >= 15 is 0 Å². The maximum absolute atomic E-state index is 13.8. The van der Waals surface area contributed by atoms with Crippen LogP contribution in [-0.4, -0.2) is 4.57 Å². The predicted molar refractivity (Wildman–Crippen MR) is 130 cm³/mol. The van der Waals surface area contributed by atoms with Crippen LogP contribution < -0.4 is 5.56 Å². The van der Waals surface area contributed by atoms with Crippen LogP contribution in [0.25, 0.3) is 28.1 Å². The summed E-state index contributed by atoms with van der Waals surface area (Å²) in [5.74, 6) is 0. The molecular weight excluding hydrogens is 540 g/mol. The van der Waals surface area contributed by atoms with Gasteiger partial charge < -0.3 is 0 Å². The molecule has 0 saturated heterocycles. The number of benzene rings is 3. The lowest BCUT2D eigenvalue weighted by Crippen LogP contribution is -2.27. The molecule has 1 aromatic heterocycles. The van der Waals surface area contributed by atoms with Gasteiger partial charge in [0.05, 0.1) is 11.3 Å². The van der Waals surface area contributed by atoms with Crippen molar-refractivity contribution in [3.05, 3.63) is 112 Å². The van der Waals surface area contributed by atoms with E-state index in [1.807, 2.05) is 42.5 Å². The molecule has 0 atom stereocenters. The molecule has 0 spiro atoms. The summed E-state index contributed by atoms with van der Waals surface area (Å²) in [4.78, 5) is 13.3. The highest BCUT2D eigenvalue weighted by molar-refractivity contribution is 14.1. The van der Waals surface area contributed by atoms with Crippen LogP contribution in [0.4, 0.5) is 13.2 Å². The SMILES string of the molecule is N#Cc1c(C(F)(F)F)cc(-c2cccc(CI)c2)n(-c2cccc(-c3ccccc3)c2)c1=O. The number of pyridine rings is 1. The molecule has 33 heavy (non-hydrogen) atoms. The molecule has 0 aliphatic heterocycles. The van der Waals surface area contributed by atoms with E-state index in [1.165, 1.54) is 10.6 Å². The van der Waals surface area contributed by atoms with Crippen LogP contribution in [0, 0.1) is 11.3 Å². The van der Waals surface area contributed by atoms with Gasteiger partial charge in [0.25, 0.3) is 5.56 Å². The summed E-state index contributed by atoms with van der Waals surface area (Å²) in [7, 11) is 0. The standard InChI is InChI=1S/C26H16F3IN2O/c27-26(28,29)23-14-24(20-10-4-6-17(12-20)15-30)32(25(33)22(23)16-31)21-11-5-9-19(13-21)18-7-2-1-3-8-18/h1-14H,15H2. The lowest BCUT2D eigenvalue weighted by molar-refractivity contribution is -0.137. The third kappa shape index (κ3) is 4.57. The third-order valence-electron chi connectivity index (χ3n) is 5.21. The molecule has 0 radical (unpaired) electrons. The van der Waals surface area contributed by atoms with Gasteiger partial charge >= 0.3 is 6.18 Å². The number of alkyl halides is 4. The van der Waals surface area contributed by atoms with E-state index in [0.29, 0.717) is 15.7 Å². The van der Waals surface area contributed by atoms with Crippen molar-refractivity contribution in [1.82, 2.24) is 4.57 Å². The molecule has 0 aliphatic carbocycles. The maximum atomic E-state index is 13.8. The molecule has 0 bridgehead atoms. The summed E-state index contributed by atoms with van der Waals surface area (Å²) in [5.41, 5.74) is 0.335. The molecule has 0 unspecified atom stereocenters. The molecule has 3 aromatic carbocycles. The predicted octanol–water partition coefficient (Wildman–Crippen LogP) is 7.00. The van der Waals surface area contributed by atoms with Crippen LogP contribution in [0.3, 0.4) is 0 Å². The Labute approximate surface area is 201 Å². The second kappa shape index (κ2) is 9.24. The summed E-state index contributed by atoms with van der Waals surface area (Å²) in [5, 5.41) is 9.45. The topological polar surface area (TPSA) is 45.8 Å². The molecular formula is C26H16F3IN2O. The Morgan fingerprint density at radius 1 is 0.848 bits per heavy atom. The average Bonchev–Trinajstić information content (AvgIpc) is 2.83. The molecule has 0 amide bonds. The van der Waals surface area contributed by atoms with Crippen LogP contribution >= 0.6 is 22.6 Å². The molecule has 0 N–H and O–H groups in total. The number of hydrogen-bond acceptors (Lipinski definition) is 2. The van der Waals surface area contributed by atoms with Crippen molar-refractivity contribution in [3.8, 4) is 34.1 Å². The Morgan fingerprint density at radius 3 is 2.18 bits per heavy atom. The van der Waals surface area contributed by atoms with Gasteiger partial charge in [0.15, 0.2) is 0 Å². The first-order chi connectivity index (χ1) is 15.8. The summed E-state index contributed by atoms with van der Waals surface area (Å²) in [6.45, 7) is 0. The van der Waals surface area contributed by atoms with Crippen molar-refractivity contribution in [3.63, 3.8) is 0 Å². The first-order valence-corrected chi connectivity index (χ1v) is 11.4. The molecule has 1 heterocycles. The number of nitrogens with zero attached hydrogens (tertiary/aromatic N) is 2. The monoisotopic (exact) mass is 556 g/mol. The molecule has 4 rings (SSSR count). The van der Waals surface area contributed by atoms with E-state index in [4.69, 9.17) is 0 Å². The zero-order valence-corrected chi connectivity index (χ0v) is 19.3. The summed E-state index contributed by atoms with van der Waals surface area (Å²) in [6.07, 6.45) is -4.84. The fourth-order valence-electron chi connectivity index (χ4n) is 3.68. The van der Waals surface area contributed by atoms with Gasteiger partial charge in [-0.3, -0.25) is 9.36 Å². The van der Waals surface area contributed by atoms with Crippen molar-refractivity contribution < 1.29 is 13.2 Å². The second-order valence-electron chi connectivity index (χ2n) is 7.32. The number of hydrogen-bond donors (Lipinski definition) is 0. The zero-order chi connectivity index (χ0) is 23.6. The Kier molecular flexibility index (Phi) is 6.38. The minimum Gasteiger partial charge on any atom is -0.276 e. The average molecular weight is 556 g/mol. The van der Waals surface area contributed by atoms with Gasteiger partial charge in [-0.15, -0.1) is 0 Å². The van der Waals surface area contributed by atoms with Crippen LogP contribution in [0.1, 0.15) is 16.7 Å². The van der Waals surface area contributed by atoms with Crippen molar-refractivity contribution in [1.29, 1.82) is 5.26 Å². The number of aromatic nitrogens is 1. The largest absolute Gasteiger partial charge is 0.417 e. The van der Waals surface area contributed by atoms with E-state index in [2.05, 4.69) is 22.6 Å². The van der Waals surface area contributed by atoms with Gasteiger partial charge in [0.1, 0.15) is 11.6 Å². The number of halogens is 4. The van der Waals surface area contributed by atoms with E-state index in [1.54, 1.807) is 36.4 Å². The van der Waals surface area contributed by atoms with Gasteiger partial charge in [-0.1, -0.05) is 83.3 Å². The minimum atomic E-state index is -4.84. The van der Waals surface area contributed by atoms with Crippen LogP contribution in [0.2, 0.25) is 0 Å². The second-order valence-corrected chi connectivity index (χ2v) is 8.08. The molecule has 0 fully saturated rings. The molecule has 0 aliphatic rings. The van der Waals surface area contributed by atoms with Crippen LogP contribution in [-0.2, 0) is 10.6 Å². The maximum Gasteiger partial charge on any atom is 0.417 e. The van der Waals surface area contributed by atoms with Crippen molar-refractivity contribution >= 4 is 22.6 Å². The quantitative estimate of drug-likeness (QED) is 0.201. The fraction of sp³-hybridized carbons (Fsp3) is 0.0769. The lowest BCUT2D eigenvalue weighted by Gasteiger charge is -2.18. The van der Waals surface area contributed by atoms with E-state index in [0.717, 1.165) is 22.8 Å². The van der Waals surface area contributed by atoms with E-state index < -0.39 is 22.9 Å². The van der Waals surface area contributed by atoms with Crippen molar-refractivity contribution in [2.24, 2.45) is 0 Å². The molecule has 4 aromatic rings. The Morgan fingerprint density at radius 2 is 1.52 bits per heavy atom. The zero-order valence-electron chi connectivity index (χ0n) is 17.1. The molecule has 3 nitrogen and oxygen atoms in total. The molecule has 0 saturated carbocycles. The molecule has 164 valence electrons. The molecule has 7 heteroatoms. The van der Waals surface area contributed by atoms with Crippen LogP contribution in [0.15, 0.2) is 89.7 Å². The third-order valence-corrected chi connectivity index (χ3v) is 6.09. The highest BCUT2D eigenvalue weighted by Gasteiger charge is 2.36. The summed E-state index contributed by atoms with van der Waals surface area (Å²) >= 11 is 2.17. The van der Waals surface area contributed by atoms with Gasteiger partial charge in [-0.25, -0.2) is 0 Å². The van der Waals surface area contributed by atoms with Crippen molar-refractivity contribution in [2.45, 2.75) is 10.6 Å². The highest BCUT2D eigenvalue weighted by atomic mass is 127. The van der Waals surface area contributed by atoms with Crippen molar-refractivity contribution in [2.75, 3.05) is 0 Å². The first kappa shape index (κ1) is 22.8. The van der Waals surface area contributed by atoms with Gasteiger partial charge in [-0.05, 0) is 46.5 Å². The minimum absolute atomic E-state index is 0.0724. The Bertz CT molecular complexity index is 1420. The fourth-order valence-corrected chi connectivity index (χ4v) is 4.15. The van der Waals surface area contributed by atoms with Gasteiger partial charge in [0, 0.05) is 10.1 Å².